The van der Waals surface area contributed by atoms with E-state index in [1.807, 2.05) is 13.1 Å². The summed E-state index contributed by atoms with van der Waals surface area (Å²) in [6, 6.07) is 16.7. The van der Waals surface area contributed by atoms with E-state index in [0.717, 1.165) is 78.8 Å². The quantitative estimate of drug-likeness (QED) is 0.331. The number of nitrogens with one attached hydrogen (secondary N) is 2. The third kappa shape index (κ3) is 14.6. The fourth-order valence-corrected chi connectivity index (χ4v) is 4.62. The number of hydrogen-bond acceptors (Lipinski definition) is 5. The number of methoxy groups -OCH3 is 1. The summed E-state index contributed by atoms with van der Waals surface area (Å²) in [5, 5.41) is 7.13. The number of amidine groups is 2. The van der Waals surface area contributed by atoms with Crippen LogP contribution in [0.25, 0.3) is 0 Å². The van der Waals surface area contributed by atoms with E-state index in [0.29, 0.717) is 6.54 Å². The Bertz CT molecular complexity index is 1180. The number of rotatable bonds is 6. The molecular formula is C37H56N4O2. The Morgan fingerprint density at radius 2 is 1.70 bits per heavy atom. The molecule has 2 N–H and O–H groups in total. The monoisotopic (exact) mass is 588 g/mol. The Kier molecular flexibility index (Phi) is 18.5. The summed E-state index contributed by atoms with van der Waals surface area (Å²) in [5.41, 5.74) is 4.69. The number of ether oxygens (including phenoxy) is 2. The van der Waals surface area contributed by atoms with Crippen molar-refractivity contribution in [2.45, 2.75) is 98.4 Å². The molecule has 0 saturated carbocycles. The number of nitrogens with zero attached hydrogens (tertiary/aromatic N) is 2. The molecule has 6 nitrogen and oxygen atoms in total. The van der Waals surface area contributed by atoms with Crippen LogP contribution < -0.4 is 15.4 Å². The Labute approximate surface area is 261 Å². The zero-order chi connectivity index (χ0) is 31.1. The Balaban J connectivity index is 0.000000973. The molecule has 43 heavy (non-hydrogen) atoms. The van der Waals surface area contributed by atoms with Crippen LogP contribution in [0.3, 0.4) is 0 Å². The first-order valence-corrected chi connectivity index (χ1v) is 16.2. The van der Waals surface area contributed by atoms with Gasteiger partial charge in [0.15, 0.2) is 0 Å². The highest BCUT2D eigenvalue weighted by atomic mass is 16.5. The van der Waals surface area contributed by atoms with Crippen molar-refractivity contribution >= 4 is 11.7 Å². The molecule has 0 radical (unpaired) electrons. The van der Waals surface area contributed by atoms with Gasteiger partial charge in [0, 0.05) is 38.4 Å². The van der Waals surface area contributed by atoms with Gasteiger partial charge < -0.3 is 20.1 Å². The second kappa shape index (κ2) is 22.2. The molecule has 2 aromatic rings. The van der Waals surface area contributed by atoms with E-state index in [-0.39, 0.29) is 0 Å². The van der Waals surface area contributed by atoms with Gasteiger partial charge in [0.05, 0.1) is 6.61 Å². The SMILES string of the molecule is CCC/C=C1/N=C(\c2ccccc2C)NC(=NC)/C=C(\C)CCCCCCCOc2ccccc2CN1.CCCCOC. The summed E-state index contributed by atoms with van der Waals surface area (Å²) < 4.78 is 11.0. The summed E-state index contributed by atoms with van der Waals surface area (Å²) >= 11 is 0. The van der Waals surface area contributed by atoms with E-state index in [9.17, 15) is 0 Å². The predicted octanol–water partition coefficient (Wildman–Crippen LogP) is 8.90. The zero-order valence-corrected chi connectivity index (χ0v) is 27.7. The fourth-order valence-electron chi connectivity index (χ4n) is 4.62. The smallest absolute Gasteiger partial charge is 0.141 e. The van der Waals surface area contributed by atoms with Crippen LogP contribution in [0.1, 0.15) is 102 Å². The minimum absolute atomic E-state index is 0.643. The molecule has 1 aliphatic rings. The fraction of sp³-hybridized carbons (Fsp3) is 0.514. The third-order valence-corrected chi connectivity index (χ3v) is 7.24. The molecule has 0 aromatic heterocycles. The number of fused-ring (bicyclic) bond motifs is 1. The lowest BCUT2D eigenvalue weighted by Crippen LogP contribution is -2.32. The van der Waals surface area contributed by atoms with Crippen LogP contribution in [-0.4, -0.2) is 39.0 Å². The van der Waals surface area contributed by atoms with Crippen molar-refractivity contribution in [2.75, 3.05) is 27.4 Å². The lowest BCUT2D eigenvalue weighted by atomic mass is 10.1. The van der Waals surface area contributed by atoms with Gasteiger partial charge in [-0.25, -0.2) is 4.99 Å². The zero-order valence-electron chi connectivity index (χ0n) is 27.7. The molecule has 6 heteroatoms. The lowest BCUT2D eigenvalue weighted by Gasteiger charge is -2.16. The van der Waals surface area contributed by atoms with E-state index in [1.165, 1.54) is 44.1 Å². The average Bonchev–Trinajstić information content (AvgIpc) is 3.02. The van der Waals surface area contributed by atoms with Crippen molar-refractivity contribution in [2.24, 2.45) is 9.98 Å². The van der Waals surface area contributed by atoms with Gasteiger partial charge in [-0.2, -0.15) is 0 Å². The first-order valence-electron chi connectivity index (χ1n) is 16.2. The van der Waals surface area contributed by atoms with Crippen LogP contribution in [0.2, 0.25) is 0 Å². The minimum Gasteiger partial charge on any atom is -0.493 e. The Morgan fingerprint density at radius 3 is 2.42 bits per heavy atom. The molecule has 0 amide bonds. The number of para-hydroxylation sites is 1. The number of allylic oxidation sites excluding steroid dienone is 2. The average molecular weight is 589 g/mol. The molecule has 236 valence electrons. The van der Waals surface area contributed by atoms with Gasteiger partial charge in [-0.05, 0) is 69.7 Å². The van der Waals surface area contributed by atoms with Gasteiger partial charge in [-0.1, -0.05) is 94.0 Å². The molecule has 0 unspecified atom stereocenters. The van der Waals surface area contributed by atoms with Gasteiger partial charge >= 0.3 is 0 Å². The number of hydrogen-bond donors (Lipinski definition) is 2. The number of aliphatic imine (C=N–C) groups is 2. The first kappa shape index (κ1) is 35.8. The summed E-state index contributed by atoms with van der Waals surface area (Å²) in [7, 11) is 3.57. The van der Waals surface area contributed by atoms with Crippen molar-refractivity contribution in [3.05, 3.63) is 88.8 Å². The molecule has 1 heterocycles. The number of aryl methyl sites for hydroxylation is 1. The second-order valence-electron chi connectivity index (χ2n) is 11.1. The van der Waals surface area contributed by atoms with Gasteiger partial charge in [0.2, 0.25) is 0 Å². The molecule has 0 bridgehead atoms. The lowest BCUT2D eigenvalue weighted by molar-refractivity contribution is 0.194. The largest absolute Gasteiger partial charge is 0.493 e. The van der Waals surface area contributed by atoms with Crippen molar-refractivity contribution in [1.82, 2.24) is 10.6 Å². The van der Waals surface area contributed by atoms with Gasteiger partial charge in [-0.3, -0.25) is 4.99 Å². The van der Waals surface area contributed by atoms with Gasteiger partial charge in [0.1, 0.15) is 23.2 Å². The second-order valence-corrected chi connectivity index (χ2v) is 11.1. The maximum atomic E-state index is 6.19. The van der Waals surface area contributed by atoms with Crippen LogP contribution in [0, 0.1) is 6.92 Å². The molecule has 0 aliphatic carbocycles. The normalized spacial score (nSPS) is 19.8. The van der Waals surface area contributed by atoms with Crippen molar-refractivity contribution < 1.29 is 9.47 Å². The summed E-state index contributed by atoms with van der Waals surface area (Å²) in [6.07, 6.45) is 15.8. The van der Waals surface area contributed by atoms with E-state index in [2.05, 4.69) is 97.9 Å². The van der Waals surface area contributed by atoms with Crippen LogP contribution in [0.5, 0.6) is 5.75 Å². The molecule has 0 spiro atoms. The number of benzene rings is 2. The van der Waals surface area contributed by atoms with Crippen LogP contribution >= 0.6 is 0 Å². The van der Waals surface area contributed by atoms with Crippen LogP contribution in [-0.2, 0) is 11.3 Å². The molecule has 3 rings (SSSR count). The summed E-state index contributed by atoms with van der Waals surface area (Å²) in [6.45, 7) is 11.0. The highest BCUT2D eigenvalue weighted by Gasteiger charge is 2.11. The maximum Gasteiger partial charge on any atom is 0.141 e. The molecule has 0 saturated heterocycles. The summed E-state index contributed by atoms with van der Waals surface area (Å²) in [4.78, 5) is 9.68. The molecule has 0 fully saturated rings. The maximum absolute atomic E-state index is 6.19. The summed E-state index contributed by atoms with van der Waals surface area (Å²) in [5.74, 6) is 3.41. The standard InChI is InChI=1S/C32H44N4O.C5H12O/c1-5-6-21-30-34-24-27-18-12-14-20-29(27)37-22-15-9-7-8-10-16-25(2)23-31(33-4)36-32(35-30)28-19-13-11-17-26(28)3;1-3-4-5-6-2/h11-14,17-21,23,34H,5-10,15-16,22,24H2,1-4H3,(H,33,35,36);3-5H2,1-2H3/b25-23+,30-21+;. The van der Waals surface area contributed by atoms with Crippen molar-refractivity contribution in [1.29, 1.82) is 0 Å². The Hall–Kier alpha value is -3.38. The van der Waals surface area contributed by atoms with Crippen molar-refractivity contribution in [3.63, 3.8) is 0 Å². The topological polar surface area (TPSA) is 67.2 Å². The molecule has 1 aliphatic heterocycles. The number of unbranched alkanes of at least 4 members (excludes halogenated alkanes) is 2. The van der Waals surface area contributed by atoms with Crippen LogP contribution in [0.4, 0.5) is 0 Å². The van der Waals surface area contributed by atoms with E-state index >= 15 is 0 Å². The molecular weight excluding hydrogens is 532 g/mol. The molecule has 2 aromatic carbocycles. The minimum atomic E-state index is 0.643. The predicted molar refractivity (Wildman–Crippen MR) is 184 cm³/mol. The van der Waals surface area contributed by atoms with E-state index in [1.54, 1.807) is 7.11 Å². The van der Waals surface area contributed by atoms with Gasteiger partial charge in [-0.15, -0.1) is 0 Å². The first-order chi connectivity index (χ1) is 21.0. The van der Waals surface area contributed by atoms with Crippen LogP contribution in [0.15, 0.2) is 82.1 Å². The molecule has 0 atom stereocenters. The highest BCUT2D eigenvalue weighted by molar-refractivity contribution is 6.13. The van der Waals surface area contributed by atoms with E-state index in [4.69, 9.17) is 14.5 Å². The highest BCUT2D eigenvalue weighted by Crippen LogP contribution is 2.20. The van der Waals surface area contributed by atoms with Gasteiger partial charge in [0.25, 0.3) is 0 Å². The van der Waals surface area contributed by atoms with E-state index < -0.39 is 0 Å². The third-order valence-electron chi connectivity index (χ3n) is 7.24. The van der Waals surface area contributed by atoms with Crippen molar-refractivity contribution in [3.8, 4) is 5.75 Å². The Morgan fingerprint density at radius 1 is 0.953 bits per heavy atom.